The largest absolute Gasteiger partial charge is 0.480 e. The van der Waals surface area contributed by atoms with Crippen molar-refractivity contribution in [3.63, 3.8) is 0 Å². The van der Waals surface area contributed by atoms with Crippen LogP contribution in [0, 0.1) is 11.3 Å². The molecule has 4 heterocycles. The van der Waals surface area contributed by atoms with Gasteiger partial charge in [0.2, 0.25) is 5.88 Å². The molecule has 3 aromatic heterocycles. The Labute approximate surface area is 201 Å². The molecule has 0 unspecified atom stereocenters. The zero-order chi connectivity index (χ0) is 24.4. The summed E-state index contributed by atoms with van der Waals surface area (Å²) >= 11 is 0. The lowest BCUT2D eigenvalue weighted by atomic mass is 9.79. The van der Waals surface area contributed by atoms with Crippen molar-refractivity contribution in [1.82, 2.24) is 25.3 Å². The molecule has 1 N–H and O–H groups in total. The molecule has 0 saturated heterocycles. The maximum atomic E-state index is 12.9. The Hall–Kier alpha value is -4.42. The Balaban J connectivity index is 1.35. The number of nitriles is 1. The predicted octanol–water partition coefficient (Wildman–Crippen LogP) is 3.34. The summed E-state index contributed by atoms with van der Waals surface area (Å²) in [7, 11) is 1.54. The molecule has 0 spiro atoms. The van der Waals surface area contributed by atoms with Crippen LogP contribution in [-0.2, 0) is 23.3 Å². The lowest BCUT2D eigenvalue weighted by Crippen LogP contribution is -2.33. The molecule has 0 saturated carbocycles. The monoisotopic (exact) mass is 466 g/mol. The third-order valence-electron chi connectivity index (χ3n) is 6.03. The quantitative estimate of drug-likeness (QED) is 0.475. The van der Waals surface area contributed by atoms with Gasteiger partial charge in [0.05, 0.1) is 68.4 Å². The minimum Gasteiger partial charge on any atom is -0.480 e. The third-order valence-corrected chi connectivity index (χ3v) is 6.03. The Kier molecular flexibility index (Phi) is 5.81. The minimum absolute atomic E-state index is 0.236. The first-order valence-electron chi connectivity index (χ1n) is 11.0. The average Bonchev–Trinajstić information content (AvgIpc) is 2.91. The van der Waals surface area contributed by atoms with Gasteiger partial charge in [-0.3, -0.25) is 19.7 Å². The van der Waals surface area contributed by atoms with Crippen LogP contribution in [0.2, 0.25) is 0 Å². The number of nitrogens with one attached hydrogen (secondary N) is 1. The summed E-state index contributed by atoms with van der Waals surface area (Å²) in [6, 6.07) is 11.5. The minimum atomic E-state index is -0.776. The number of pyridine rings is 2. The Bertz CT molecular complexity index is 1480. The molecule has 9 nitrogen and oxygen atoms in total. The van der Waals surface area contributed by atoms with E-state index in [9.17, 15) is 10.1 Å². The van der Waals surface area contributed by atoms with E-state index in [2.05, 4.69) is 31.3 Å². The Morgan fingerprint density at radius 2 is 2.09 bits per heavy atom. The molecule has 174 valence electrons. The van der Waals surface area contributed by atoms with Crippen LogP contribution in [0.3, 0.4) is 0 Å². The molecule has 5 rings (SSSR count). The molecular weight excluding hydrogens is 444 g/mol. The standard InChI is InChI=1S/C26H22N6O3/c1-26(14-27)15-35-13-17-4-3-16(7-21(17)26)25(33)31-9-20-6-18-5-19(8-30-22(18)11-29-20)23-10-28-12-24(32-23)34-2/h3-8,10-12H,9,13,15H2,1-2H3,(H,31,33)/t26-/m1/s1. The molecule has 0 bridgehead atoms. The van der Waals surface area contributed by atoms with E-state index in [-0.39, 0.29) is 12.5 Å². The fraction of sp³-hybridized carbons (Fsp3) is 0.231. The first-order chi connectivity index (χ1) is 17.0. The van der Waals surface area contributed by atoms with Crippen LogP contribution in [0.15, 0.2) is 55.1 Å². The summed E-state index contributed by atoms with van der Waals surface area (Å²) < 4.78 is 10.7. The molecule has 4 aromatic rings. The Morgan fingerprint density at radius 3 is 2.91 bits per heavy atom. The van der Waals surface area contributed by atoms with Gasteiger partial charge in [-0.05, 0) is 42.3 Å². The summed E-state index contributed by atoms with van der Waals surface area (Å²) in [5.74, 6) is 0.186. The number of benzene rings is 1. The van der Waals surface area contributed by atoms with Crippen LogP contribution in [0.1, 0.15) is 34.1 Å². The van der Waals surface area contributed by atoms with Gasteiger partial charge in [-0.25, -0.2) is 4.98 Å². The molecule has 1 aromatic carbocycles. The van der Waals surface area contributed by atoms with E-state index >= 15 is 0 Å². The van der Waals surface area contributed by atoms with E-state index in [1.54, 1.807) is 44.0 Å². The van der Waals surface area contributed by atoms with E-state index in [4.69, 9.17) is 9.47 Å². The highest BCUT2D eigenvalue weighted by atomic mass is 16.5. The third kappa shape index (κ3) is 4.39. The molecule has 0 aliphatic carbocycles. The fourth-order valence-electron chi connectivity index (χ4n) is 4.06. The Morgan fingerprint density at radius 1 is 1.20 bits per heavy atom. The summed E-state index contributed by atoms with van der Waals surface area (Å²) in [5.41, 5.74) is 4.34. The summed E-state index contributed by atoms with van der Waals surface area (Å²) in [4.78, 5) is 30.3. The van der Waals surface area contributed by atoms with Crippen LogP contribution in [0.5, 0.6) is 5.88 Å². The van der Waals surface area contributed by atoms with Gasteiger partial charge in [0, 0.05) is 22.7 Å². The van der Waals surface area contributed by atoms with Crippen molar-refractivity contribution in [2.24, 2.45) is 0 Å². The van der Waals surface area contributed by atoms with E-state index in [1.165, 1.54) is 0 Å². The number of aromatic nitrogens is 4. The summed E-state index contributed by atoms with van der Waals surface area (Å²) in [6.07, 6.45) is 6.58. The van der Waals surface area contributed by atoms with Crippen molar-refractivity contribution >= 4 is 16.8 Å². The number of carbonyl (C=O) groups is 1. The second kappa shape index (κ2) is 9.08. The van der Waals surface area contributed by atoms with Gasteiger partial charge < -0.3 is 14.8 Å². The van der Waals surface area contributed by atoms with Crippen molar-refractivity contribution in [2.45, 2.75) is 25.5 Å². The molecule has 1 amide bonds. The highest BCUT2D eigenvalue weighted by Crippen LogP contribution is 2.32. The van der Waals surface area contributed by atoms with Gasteiger partial charge in [-0.15, -0.1) is 0 Å². The maximum absolute atomic E-state index is 12.9. The number of carbonyl (C=O) groups excluding carboxylic acids is 1. The lowest BCUT2D eigenvalue weighted by molar-refractivity contribution is 0.0757. The first kappa shape index (κ1) is 22.4. The molecule has 0 radical (unpaired) electrons. The number of rotatable bonds is 5. The van der Waals surface area contributed by atoms with Crippen molar-refractivity contribution in [3.8, 4) is 23.2 Å². The number of methoxy groups -OCH3 is 1. The zero-order valence-corrected chi connectivity index (χ0v) is 19.3. The fourth-order valence-corrected chi connectivity index (χ4v) is 4.06. The van der Waals surface area contributed by atoms with E-state index < -0.39 is 5.41 Å². The number of ether oxygens (including phenoxy) is 2. The molecule has 35 heavy (non-hydrogen) atoms. The number of fused-ring (bicyclic) bond motifs is 2. The second-order valence-corrected chi connectivity index (χ2v) is 8.53. The van der Waals surface area contributed by atoms with Crippen LogP contribution in [0.25, 0.3) is 22.2 Å². The SMILES string of the molecule is COc1cncc(-c2cnc3cnc(CNC(=O)c4ccc5c(c4)[C@](C)(C#N)COC5)cc3c2)n1. The number of hydrogen-bond acceptors (Lipinski definition) is 8. The first-order valence-corrected chi connectivity index (χ1v) is 11.0. The van der Waals surface area contributed by atoms with Crippen molar-refractivity contribution in [3.05, 3.63) is 77.5 Å². The lowest BCUT2D eigenvalue weighted by Gasteiger charge is -2.30. The number of amides is 1. The van der Waals surface area contributed by atoms with Crippen LogP contribution in [0.4, 0.5) is 0 Å². The molecule has 9 heteroatoms. The zero-order valence-electron chi connectivity index (χ0n) is 19.3. The molecular formula is C26H22N6O3. The van der Waals surface area contributed by atoms with Gasteiger partial charge in [0.15, 0.2) is 0 Å². The summed E-state index contributed by atoms with van der Waals surface area (Å²) in [6.45, 7) is 2.81. The van der Waals surface area contributed by atoms with E-state index in [1.807, 2.05) is 25.1 Å². The smallest absolute Gasteiger partial charge is 0.251 e. The van der Waals surface area contributed by atoms with Crippen LogP contribution >= 0.6 is 0 Å². The van der Waals surface area contributed by atoms with E-state index in [0.717, 1.165) is 27.6 Å². The van der Waals surface area contributed by atoms with E-state index in [0.29, 0.717) is 36.0 Å². The molecule has 1 atom stereocenters. The molecule has 0 fully saturated rings. The molecule has 1 aliphatic heterocycles. The van der Waals surface area contributed by atoms with Crippen LogP contribution < -0.4 is 10.1 Å². The van der Waals surface area contributed by atoms with Crippen molar-refractivity contribution in [2.75, 3.05) is 13.7 Å². The molecule has 1 aliphatic rings. The number of hydrogen-bond donors (Lipinski definition) is 1. The van der Waals surface area contributed by atoms with Crippen molar-refractivity contribution in [1.29, 1.82) is 5.26 Å². The normalized spacial score (nSPS) is 16.8. The van der Waals surface area contributed by atoms with Gasteiger partial charge in [0.25, 0.3) is 5.91 Å². The topological polar surface area (TPSA) is 123 Å². The van der Waals surface area contributed by atoms with Gasteiger partial charge in [-0.1, -0.05) is 6.07 Å². The van der Waals surface area contributed by atoms with Gasteiger partial charge in [-0.2, -0.15) is 5.26 Å². The van der Waals surface area contributed by atoms with Crippen molar-refractivity contribution < 1.29 is 14.3 Å². The maximum Gasteiger partial charge on any atom is 0.251 e. The average molecular weight is 467 g/mol. The predicted molar refractivity (Wildman–Crippen MR) is 127 cm³/mol. The highest BCUT2D eigenvalue weighted by molar-refractivity contribution is 5.94. The van der Waals surface area contributed by atoms with Gasteiger partial charge in [0.1, 0.15) is 5.41 Å². The highest BCUT2D eigenvalue weighted by Gasteiger charge is 2.33. The van der Waals surface area contributed by atoms with Crippen LogP contribution in [-0.4, -0.2) is 39.6 Å². The summed E-state index contributed by atoms with van der Waals surface area (Å²) in [5, 5.41) is 13.4. The second-order valence-electron chi connectivity index (χ2n) is 8.53. The van der Waals surface area contributed by atoms with Gasteiger partial charge >= 0.3 is 0 Å². The number of nitrogens with zero attached hydrogens (tertiary/aromatic N) is 5.